The van der Waals surface area contributed by atoms with Gasteiger partial charge in [-0.2, -0.15) is 0 Å². The SMILES string of the molecule is CC(OC(=O)CN1C(=O)C2CCCCC2C1=O)C(=O)NC1CCCCC1C. The molecule has 27 heavy (non-hydrogen) atoms. The van der Waals surface area contributed by atoms with Gasteiger partial charge in [-0.15, -0.1) is 0 Å². The lowest BCUT2D eigenvalue weighted by molar-refractivity contribution is -0.159. The van der Waals surface area contributed by atoms with Crippen molar-refractivity contribution in [3.63, 3.8) is 0 Å². The van der Waals surface area contributed by atoms with Crippen LogP contribution in [0.5, 0.6) is 0 Å². The van der Waals surface area contributed by atoms with Gasteiger partial charge in [-0.25, -0.2) is 0 Å². The Bertz CT molecular complexity index is 595. The van der Waals surface area contributed by atoms with Gasteiger partial charge in [0.2, 0.25) is 11.8 Å². The molecule has 150 valence electrons. The molecule has 5 unspecified atom stereocenters. The molecule has 2 saturated carbocycles. The Labute approximate surface area is 160 Å². The van der Waals surface area contributed by atoms with E-state index in [1.165, 1.54) is 13.3 Å². The van der Waals surface area contributed by atoms with Crippen LogP contribution in [0, 0.1) is 17.8 Å². The number of carbonyl (C=O) groups is 4. The van der Waals surface area contributed by atoms with E-state index in [1.807, 2.05) is 0 Å². The van der Waals surface area contributed by atoms with Crippen LogP contribution in [0.1, 0.15) is 65.2 Å². The number of amides is 3. The highest BCUT2D eigenvalue weighted by Crippen LogP contribution is 2.37. The molecule has 3 fully saturated rings. The van der Waals surface area contributed by atoms with Crippen molar-refractivity contribution in [3.8, 4) is 0 Å². The van der Waals surface area contributed by atoms with Gasteiger partial charge in [0.1, 0.15) is 6.54 Å². The van der Waals surface area contributed by atoms with Crippen LogP contribution in [0.15, 0.2) is 0 Å². The molecule has 0 radical (unpaired) electrons. The lowest BCUT2D eigenvalue weighted by atomic mass is 9.81. The van der Waals surface area contributed by atoms with Gasteiger partial charge in [0.15, 0.2) is 6.10 Å². The van der Waals surface area contributed by atoms with Crippen LogP contribution in [0.2, 0.25) is 0 Å². The summed E-state index contributed by atoms with van der Waals surface area (Å²) in [5.74, 6) is -1.73. The summed E-state index contributed by atoms with van der Waals surface area (Å²) in [6.07, 6.45) is 6.64. The number of fused-ring (bicyclic) bond motifs is 1. The fraction of sp³-hybridized carbons (Fsp3) is 0.800. The first kappa shape index (κ1) is 19.8. The second-order valence-corrected chi connectivity index (χ2v) is 8.27. The lowest BCUT2D eigenvalue weighted by Gasteiger charge is -2.30. The standard InChI is InChI=1S/C20H30N2O5/c1-12-7-3-6-10-16(12)21-18(24)13(2)27-17(23)11-22-19(25)14-8-4-5-9-15(14)20(22)26/h12-16H,3-11H2,1-2H3,(H,21,24). The van der Waals surface area contributed by atoms with Crippen molar-refractivity contribution >= 4 is 23.7 Å². The summed E-state index contributed by atoms with van der Waals surface area (Å²) in [6.45, 7) is 3.24. The highest BCUT2D eigenvalue weighted by atomic mass is 16.5. The van der Waals surface area contributed by atoms with E-state index >= 15 is 0 Å². The topological polar surface area (TPSA) is 92.8 Å². The zero-order chi connectivity index (χ0) is 19.6. The first-order valence-electron chi connectivity index (χ1n) is 10.2. The summed E-state index contributed by atoms with van der Waals surface area (Å²) in [4.78, 5) is 50.4. The third kappa shape index (κ3) is 4.33. The van der Waals surface area contributed by atoms with Crippen molar-refractivity contribution in [1.82, 2.24) is 10.2 Å². The van der Waals surface area contributed by atoms with Crippen LogP contribution in [-0.4, -0.2) is 47.3 Å². The summed E-state index contributed by atoms with van der Waals surface area (Å²) < 4.78 is 5.20. The Morgan fingerprint density at radius 3 is 2.19 bits per heavy atom. The van der Waals surface area contributed by atoms with E-state index in [1.54, 1.807) is 0 Å². The largest absolute Gasteiger partial charge is 0.451 e. The van der Waals surface area contributed by atoms with Gasteiger partial charge in [0, 0.05) is 6.04 Å². The molecular weight excluding hydrogens is 348 g/mol. The Kier molecular flexibility index (Phi) is 6.17. The number of esters is 1. The van der Waals surface area contributed by atoms with E-state index in [9.17, 15) is 19.2 Å². The van der Waals surface area contributed by atoms with E-state index in [0.29, 0.717) is 18.8 Å². The molecule has 5 atom stereocenters. The number of nitrogens with zero attached hydrogens (tertiary/aromatic N) is 1. The highest BCUT2D eigenvalue weighted by molar-refractivity contribution is 6.07. The molecule has 1 saturated heterocycles. The van der Waals surface area contributed by atoms with Crippen LogP contribution in [0.4, 0.5) is 0 Å². The molecule has 0 aromatic rings. The minimum atomic E-state index is -0.943. The molecule has 0 bridgehead atoms. The zero-order valence-electron chi connectivity index (χ0n) is 16.2. The van der Waals surface area contributed by atoms with Crippen molar-refractivity contribution in [1.29, 1.82) is 0 Å². The summed E-state index contributed by atoms with van der Waals surface area (Å²) >= 11 is 0. The Morgan fingerprint density at radius 1 is 1.04 bits per heavy atom. The van der Waals surface area contributed by atoms with E-state index in [2.05, 4.69) is 12.2 Å². The first-order valence-corrected chi connectivity index (χ1v) is 10.2. The monoisotopic (exact) mass is 378 g/mol. The number of ether oxygens (including phenoxy) is 1. The van der Waals surface area contributed by atoms with Crippen molar-refractivity contribution in [3.05, 3.63) is 0 Å². The predicted octanol–water partition coefficient (Wildman–Crippen LogP) is 1.79. The van der Waals surface area contributed by atoms with E-state index in [-0.39, 0.29) is 35.6 Å². The maximum absolute atomic E-state index is 12.4. The van der Waals surface area contributed by atoms with Gasteiger partial charge in [-0.05, 0) is 38.5 Å². The van der Waals surface area contributed by atoms with Crippen LogP contribution in [0.25, 0.3) is 0 Å². The molecular formula is C20H30N2O5. The second kappa shape index (κ2) is 8.40. The summed E-state index contributed by atoms with van der Waals surface area (Å²) in [7, 11) is 0. The molecule has 0 aromatic carbocycles. The predicted molar refractivity (Wildman–Crippen MR) is 97.3 cm³/mol. The molecule has 0 spiro atoms. The number of nitrogens with one attached hydrogen (secondary N) is 1. The van der Waals surface area contributed by atoms with Crippen LogP contribution < -0.4 is 5.32 Å². The summed E-state index contributed by atoms with van der Waals surface area (Å²) in [5, 5.41) is 2.96. The van der Waals surface area contributed by atoms with Crippen molar-refractivity contribution < 1.29 is 23.9 Å². The van der Waals surface area contributed by atoms with E-state index in [4.69, 9.17) is 4.74 Å². The van der Waals surface area contributed by atoms with Crippen molar-refractivity contribution in [2.75, 3.05) is 6.54 Å². The highest BCUT2D eigenvalue weighted by Gasteiger charge is 2.48. The van der Waals surface area contributed by atoms with Crippen molar-refractivity contribution in [2.24, 2.45) is 17.8 Å². The zero-order valence-corrected chi connectivity index (χ0v) is 16.2. The van der Waals surface area contributed by atoms with Crippen LogP contribution in [-0.2, 0) is 23.9 Å². The Morgan fingerprint density at radius 2 is 1.59 bits per heavy atom. The molecule has 1 heterocycles. The normalized spacial score (nSPS) is 32.0. The van der Waals surface area contributed by atoms with Gasteiger partial charge in [0.05, 0.1) is 11.8 Å². The number of carbonyl (C=O) groups excluding carboxylic acids is 4. The van der Waals surface area contributed by atoms with Gasteiger partial charge in [-0.3, -0.25) is 24.1 Å². The second-order valence-electron chi connectivity index (χ2n) is 8.27. The fourth-order valence-corrected chi connectivity index (χ4v) is 4.63. The van der Waals surface area contributed by atoms with Gasteiger partial charge in [0.25, 0.3) is 5.91 Å². The third-order valence-corrected chi connectivity index (χ3v) is 6.34. The minimum Gasteiger partial charge on any atom is -0.451 e. The van der Waals surface area contributed by atoms with E-state index < -0.39 is 18.6 Å². The molecule has 3 rings (SSSR count). The minimum absolute atomic E-state index is 0.109. The quantitative estimate of drug-likeness (QED) is 0.582. The molecule has 2 aliphatic carbocycles. The van der Waals surface area contributed by atoms with Crippen LogP contribution >= 0.6 is 0 Å². The Hall–Kier alpha value is -1.92. The lowest BCUT2D eigenvalue weighted by Crippen LogP contribution is -2.46. The maximum Gasteiger partial charge on any atom is 0.326 e. The molecule has 1 N–H and O–H groups in total. The van der Waals surface area contributed by atoms with Crippen molar-refractivity contribution in [2.45, 2.75) is 77.4 Å². The molecule has 0 aromatic heterocycles. The molecule has 1 aliphatic heterocycles. The van der Waals surface area contributed by atoms with Gasteiger partial charge < -0.3 is 10.1 Å². The number of hydrogen-bond donors (Lipinski definition) is 1. The smallest absolute Gasteiger partial charge is 0.326 e. The van der Waals surface area contributed by atoms with E-state index in [0.717, 1.165) is 37.0 Å². The average molecular weight is 378 g/mol. The molecule has 3 amide bonds. The number of rotatable bonds is 5. The van der Waals surface area contributed by atoms with Crippen LogP contribution in [0.3, 0.4) is 0 Å². The third-order valence-electron chi connectivity index (χ3n) is 6.34. The fourth-order valence-electron chi connectivity index (χ4n) is 4.63. The number of hydrogen-bond acceptors (Lipinski definition) is 5. The molecule has 7 nitrogen and oxygen atoms in total. The van der Waals surface area contributed by atoms with Gasteiger partial charge in [-0.1, -0.05) is 32.6 Å². The number of likely N-dealkylation sites (tertiary alicyclic amines) is 1. The number of imide groups is 1. The summed E-state index contributed by atoms with van der Waals surface area (Å²) in [5.41, 5.74) is 0. The first-order chi connectivity index (χ1) is 12.9. The Balaban J connectivity index is 1.50. The average Bonchev–Trinajstić information content (AvgIpc) is 2.89. The molecule has 7 heteroatoms. The maximum atomic E-state index is 12.4. The molecule has 3 aliphatic rings. The summed E-state index contributed by atoms with van der Waals surface area (Å²) in [6, 6.07) is 0.109. The van der Waals surface area contributed by atoms with Gasteiger partial charge >= 0.3 is 5.97 Å².